The molecular weight excluding hydrogens is 322 g/mol. The van der Waals surface area contributed by atoms with Crippen LogP contribution in [0.4, 0.5) is 0 Å². The van der Waals surface area contributed by atoms with Gasteiger partial charge in [0.25, 0.3) is 0 Å². The second kappa shape index (κ2) is 7.29. The third-order valence-electron chi connectivity index (χ3n) is 4.44. The minimum atomic E-state index is -3.07. The van der Waals surface area contributed by atoms with Gasteiger partial charge in [-0.05, 0) is 6.42 Å². The smallest absolute Gasteiger partial charge is 0.224 e. The van der Waals surface area contributed by atoms with E-state index in [-0.39, 0.29) is 42.3 Å². The maximum absolute atomic E-state index is 12.2. The molecular formula is C14H23N3O5S. The number of nitrogens with zero attached hydrogens (tertiary/aromatic N) is 3. The van der Waals surface area contributed by atoms with E-state index in [1.54, 1.807) is 9.80 Å². The van der Waals surface area contributed by atoms with Crippen LogP contribution >= 0.6 is 0 Å². The average molecular weight is 345 g/mol. The number of hydrogen-bond acceptors (Lipinski definition) is 5. The summed E-state index contributed by atoms with van der Waals surface area (Å²) in [7, 11) is -3.07. The molecule has 0 aliphatic carbocycles. The molecule has 2 aliphatic heterocycles. The number of amides is 3. The largest absolute Gasteiger partial charge is 0.342 e. The van der Waals surface area contributed by atoms with E-state index in [2.05, 4.69) is 0 Å². The van der Waals surface area contributed by atoms with Gasteiger partial charge in [0.2, 0.25) is 18.2 Å². The van der Waals surface area contributed by atoms with Crippen molar-refractivity contribution in [2.45, 2.75) is 25.8 Å². The van der Waals surface area contributed by atoms with Crippen LogP contribution in [0.2, 0.25) is 0 Å². The molecule has 9 heteroatoms. The van der Waals surface area contributed by atoms with Crippen LogP contribution in [0.25, 0.3) is 0 Å². The van der Waals surface area contributed by atoms with Gasteiger partial charge in [-0.15, -0.1) is 0 Å². The zero-order valence-electron chi connectivity index (χ0n) is 13.3. The highest BCUT2D eigenvalue weighted by Crippen LogP contribution is 2.18. The quantitative estimate of drug-likeness (QED) is 0.578. The van der Waals surface area contributed by atoms with Crippen LogP contribution in [-0.4, -0.2) is 91.6 Å². The van der Waals surface area contributed by atoms with E-state index in [9.17, 15) is 22.8 Å². The molecule has 0 saturated carbocycles. The highest BCUT2D eigenvalue weighted by atomic mass is 32.2. The number of piperazine rings is 1. The summed E-state index contributed by atoms with van der Waals surface area (Å²) in [6, 6.07) is -0.322. The lowest BCUT2D eigenvalue weighted by molar-refractivity contribution is -0.137. The Bertz CT molecular complexity index is 569. The topological polar surface area (TPSA) is 95.1 Å². The predicted octanol–water partition coefficient (Wildman–Crippen LogP) is -1.29. The van der Waals surface area contributed by atoms with Crippen LogP contribution in [0.5, 0.6) is 0 Å². The van der Waals surface area contributed by atoms with Crippen molar-refractivity contribution in [2.24, 2.45) is 0 Å². The molecule has 130 valence electrons. The van der Waals surface area contributed by atoms with Gasteiger partial charge in [0.1, 0.15) is 0 Å². The number of carbonyl (C=O) groups excluding carboxylic acids is 3. The summed E-state index contributed by atoms with van der Waals surface area (Å²) in [4.78, 5) is 39.5. The second-order valence-electron chi connectivity index (χ2n) is 6.04. The SMILES string of the molecule is CC(=O)N(CCC(=O)N1CCN(C=O)CC1)C1CCS(=O)(=O)C1. The fourth-order valence-electron chi connectivity index (χ4n) is 3.07. The average Bonchev–Trinajstić information content (AvgIpc) is 2.87. The summed E-state index contributed by atoms with van der Waals surface area (Å²) in [5.74, 6) is -0.185. The first-order chi connectivity index (χ1) is 10.8. The molecule has 2 rings (SSSR count). The lowest BCUT2D eigenvalue weighted by Gasteiger charge is -2.33. The van der Waals surface area contributed by atoms with E-state index in [4.69, 9.17) is 0 Å². The molecule has 0 aromatic rings. The van der Waals surface area contributed by atoms with Crippen LogP contribution in [0.15, 0.2) is 0 Å². The van der Waals surface area contributed by atoms with Crippen molar-refractivity contribution >= 4 is 28.1 Å². The molecule has 8 nitrogen and oxygen atoms in total. The molecule has 1 unspecified atom stereocenters. The zero-order chi connectivity index (χ0) is 17.0. The molecule has 1 atom stereocenters. The summed E-state index contributed by atoms with van der Waals surface area (Å²) < 4.78 is 23.1. The first kappa shape index (κ1) is 17.7. The van der Waals surface area contributed by atoms with Gasteiger partial charge in [0.05, 0.1) is 11.5 Å². The van der Waals surface area contributed by atoms with Gasteiger partial charge in [-0.25, -0.2) is 8.42 Å². The lowest BCUT2D eigenvalue weighted by Crippen LogP contribution is -2.49. The van der Waals surface area contributed by atoms with Crippen molar-refractivity contribution in [3.8, 4) is 0 Å². The fourth-order valence-corrected chi connectivity index (χ4v) is 4.80. The van der Waals surface area contributed by atoms with Crippen LogP contribution in [0.1, 0.15) is 19.8 Å². The lowest BCUT2D eigenvalue weighted by atomic mass is 10.2. The summed E-state index contributed by atoms with van der Waals surface area (Å²) in [6.07, 6.45) is 1.39. The molecule has 0 aromatic carbocycles. The van der Waals surface area contributed by atoms with Crippen molar-refractivity contribution in [1.82, 2.24) is 14.7 Å². The molecule has 2 fully saturated rings. The summed E-state index contributed by atoms with van der Waals surface area (Å²) in [6.45, 7) is 3.67. The first-order valence-electron chi connectivity index (χ1n) is 7.77. The van der Waals surface area contributed by atoms with Crippen LogP contribution in [0, 0.1) is 0 Å². The maximum atomic E-state index is 12.2. The molecule has 3 amide bonds. The van der Waals surface area contributed by atoms with Crippen LogP contribution in [0.3, 0.4) is 0 Å². The maximum Gasteiger partial charge on any atom is 0.224 e. The van der Waals surface area contributed by atoms with Gasteiger partial charge in [-0.3, -0.25) is 14.4 Å². The van der Waals surface area contributed by atoms with Gasteiger partial charge in [0, 0.05) is 52.1 Å². The number of rotatable bonds is 5. The predicted molar refractivity (Wildman–Crippen MR) is 83.3 cm³/mol. The van der Waals surface area contributed by atoms with E-state index < -0.39 is 9.84 Å². The molecule has 2 aliphatic rings. The van der Waals surface area contributed by atoms with Crippen LogP contribution < -0.4 is 0 Å². The van der Waals surface area contributed by atoms with E-state index >= 15 is 0 Å². The third kappa shape index (κ3) is 4.66. The van der Waals surface area contributed by atoms with Crippen molar-refractivity contribution in [1.29, 1.82) is 0 Å². The Morgan fingerprint density at radius 2 is 1.87 bits per heavy atom. The summed E-state index contributed by atoms with van der Waals surface area (Å²) in [5, 5.41) is 0. The van der Waals surface area contributed by atoms with Gasteiger partial charge >= 0.3 is 0 Å². The molecule has 2 saturated heterocycles. The molecule has 2 heterocycles. The van der Waals surface area contributed by atoms with E-state index in [0.29, 0.717) is 32.6 Å². The second-order valence-corrected chi connectivity index (χ2v) is 8.27. The van der Waals surface area contributed by atoms with Crippen LogP contribution in [-0.2, 0) is 24.2 Å². The molecule has 0 radical (unpaired) electrons. The Kier molecular flexibility index (Phi) is 5.61. The molecule has 0 bridgehead atoms. The standard InChI is InChI=1S/C14H23N3O5S/c1-12(19)17(13-3-9-23(21,22)10-13)4-2-14(20)16-7-5-15(11-18)6-8-16/h11,13H,2-10H2,1H3. The fraction of sp³-hybridized carbons (Fsp3) is 0.786. The molecule has 0 aromatic heterocycles. The third-order valence-corrected chi connectivity index (χ3v) is 6.19. The molecule has 0 N–H and O–H groups in total. The summed E-state index contributed by atoms with van der Waals surface area (Å²) >= 11 is 0. The number of hydrogen-bond donors (Lipinski definition) is 0. The van der Waals surface area contributed by atoms with Gasteiger partial charge in [0.15, 0.2) is 9.84 Å². The Hall–Kier alpha value is -1.64. The Morgan fingerprint density at radius 3 is 2.35 bits per heavy atom. The normalized spacial score (nSPS) is 23.6. The van der Waals surface area contributed by atoms with Gasteiger partial charge in [-0.1, -0.05) is 0 Å². The number of carbonyl (C=O) groups is 3. The monoisotopic (exact) mass is 345 g/mol. The van der Waals surface area contributed by atoms with E-state index in [1.807, 2.05) is 0 Å². The first-order valence-corrected chi connectivity index (χ1v) is 9.59. The van der Waals surface area contributed by atoms with E-state index in [0.717, 1.165) is 6.41 Å². The van der Waals surface area contributed by atoms with Crippen molar-refractivity contribution in [2.75, 3.05) is 44.2 Å². The highest BCUT2D eigenvalue weighted by molar-refractivity contribution is 7.91. The minimum absolute atomic E-state index is 0.0151. The van der Waals surface area contributed by atoms with Crippen molar-refractivity contribution in [3.05, 3.63) is 0 Å². The van der Waals surface area contributed by atoms with Crippen molar-refractivity contribution in [3.63, 3.8) is 0 Å². The zero-order valence-corrected chi connectivity index (χ0v) is 14.1. The van der Waals surface area contributed by atoms with Crippen molar-refractivity contribution < 1.29 is 22.8 Å². The Labute approximate surface area is 136 Å². The molecule has 23 heavy (non-hydrogen) atoms. The highest BCUT2D eigenvalue weighted by Gasteiger charge is 2.33. The Balaban J connectivity index is 1.86. The summed E-state index contributed by atoms with van der Waals surface area (Å²) in [5.41, 5.74) is 0. The minimum Gasteiger partial charge on any atom is -0.342 e. The van der Waals surface area contributed by atoms with E-state index in [1.165, 1.54) is 11.8 Å². The van der Waals surface area contributed by atoms with Gasteiger partial charge < -0.3 is 14.7 Å². The number of sulfone groups is 1. The molecule has 0 spiro atoms. The van der Waals surface area contributed by atoms with Gasteiger partial charge in [-0.2, -0.15) is 0 Å². The Morgan fingerprint density at radius 1 is 1.22 bits per heavy atom.